The van der Waals surface area contributed by atoms with Gasteiger partial charge in [-0.2, -0.15) is 0 Å². The molecular formula is C14H10Cl3NO2. The van der Waals surface area contributed by atoms with Crippen LogP contribution < -0.4 is 10.1 Å². The van der Waals surface area contributed by atoms with E-state index in [1.165, 1.54) is 7.11 Å². The molecule has 1 N–H and O–H groups in total. The van der Waals surface area contributed by atoms with E-state index >= 15 is 0 Å². The standard InChI is InChI=1S/C14H10Cl3NO2/c1-20-12-6-5-8(15)7-11(12)18-14(19)9-3-2-4-10(16)13(9)17/h2-7H,1H3,(H,18,19). The maximum absolute atomic E-state index is 12.2. The van der Waals surface area contributed by atoms with Crippen molar-refractivity contribution in [2.24, 2.45) is 0 Å². The van der Waals surface area contributed by atoms with E-state index in [1.807, 2.05) is 0 Å². The minimum absolute atomic E-state index is 0.202. The van der Waals surface area contributed by atoms with Crippen LogP contribution in [0.5, 0.6) is 5.75 Å². The molecule has 0 bridgehead atoms. The number of benzene rings is 2. The lowest BCUT2D eigenvalue weighted by Crippen LogP contribution is -2.13. The lowest BCUT2D eigenvalue weighted by Gasteiger charge is -2.11. The minimum atomic E-state index is -0.391. The third-order valence-corrected chi connectivity index (χ3v) is 3.66. The van der Waals surface area contributed by atoms with Crippen molar-refractivity contribution in [3.05, 3.63) is 57.0 Å². The summed E-state index contributed by atoms with van der Waals surface area (Å²) in [5.41, 5.74) is 0.738. The molecule has 0 saturated carbocycles. The first-order chi connectivity index (χ1) is 9.52. The van der Waals surface area contributed by atoms with Crippen molar-refractivity contribution < 1.29 is 9.53 Å². The number of nitrogens with one attached hydrogen (secondary N) is 1. The fourth-order valence-corrected chi connectivity index (χ4v) is 2.21. The van der Waals surface area contributed by atoms with Crippen molar-refractivity contribution in [2.75, 3.05) is 12.4 Å². The number of hydrogen-bond donors (Lipinski definition) is 1. The molecule has 0 aliphatic carbocycles. The van der Waals surface area contributed by atoms with Gasteiger partial charge < -0.3 is 10.1 Å². The third kappa shape index (κ3) is 3.18. The highest BCUT2D eigenvalue weighted by Gasteiger charge is 2.14. The molecule has 0 unspecified atom stereocenters. The number of halogens is 3. The normalized spacial score (nSPS) is 10.2. The number of carbonyl (C=O) groups is 1. The van der Waals surface area contributed by atoms with Gasteiger partial charge in [0.2, 0.25) is 0 Å². The van der Waals surface area contributed by atoms with Crippen molar-refractivity contribution in [2.45, 2.75) is 0 Å². The summed E-state index contributed by atoms with van der Waals surface area (Å²) in [4.78, 5) is 12.2. The van der Waals surface area contributed by atoms with Gasteiger partial charge in [0.1, 0.15) is 5.75 Å². The number of ether oxygens (including phenoxy) is 1. The molecule has 2 aromatic rings. The minimum Gasteiger partial charge on any atom is -0.495 e. The summed E-state index contributed by atoms with van der Waals surface area (Å²) in [5.74, 6) is 0.110. The molecule has 0 heterocycles. The quantitative estimate of drug-likeness (QED) is 0.868. The Morgan fingerprint density at radius 3 is 2.60 bits per heavy atom. The summed E-state index contributed by atoms with van der Waals surface area (Å²) in [6, 6.07) is 9.77. The van der Waals surface area contributed by atoms with Crippen LogP contribution in [-0.4, -0.2) is 13.0 Å². The Bertz CT molecular complexity index is 659. The van der Waals surface area contributed by atoms with E-state index in [4.69, 9.17) is 39.5 Å². The molecule has 20 heavy (non-hydrogen) atoms. The van der Waals surface area contributed by atoms with Crippen LogP contribution >= 0.6 is 34.8 Å². The smallest absolute Gasteiger partial charge is 0.257 e. The highest BCUT2D eigenvalue weighted by atomic mass is 35.5. The van der Waals surface area contributed by atoms with Crippen LogP contribution in [0, 0.1) is 0 Å². The highest BCUT2D eigenvalue weighted by molar-refractivity contribution is 6.44. The van der Waals surface area contributed by atoms with Gasteiger partial charge in [0.25, 0.3) is 5.91 Å². The van der Waals surface area contributed by atoms with Gasteiger partial charge >= 0.3 is 0 Å². The average molecular weight is 331 g/mol. The molecule has 3 nitrogen and oxygen atoms in total. The molecule has 0 fully saturated rings. The second kappa shape index (κ2) is 6.35. The van der Waals surface area contributed by atoms with Crippen LogP contribution in [0.25, 0.3) is 0 Å². The molecule has 0 aliphatic rings. The van der Waals surface area contributed by atoms with Gasteiger partial charge in [-0.1, -0.05) is 40.9 Å². The molecule has 6 heteroatoms. The Balaban J connectivity index is 2.32. The third-order valence-electron chi connectivity index (χ3n) is 2.61. The Morgan fingerprint density at radius 1 is 1.15 bits per heavy atom. The number of carbonyl (C=O) groups excluding carboxylic acids is 1. The predicted molar refractivity (Wildman–Crippen MR) is 82.4 cm³/mol. The number of methoxy groups -OCH3 is 1. The topological polar surface area (TPSA) is 38.3 Å². The largest absolute Gasteiger partial charge is 0.495 e. The van der Waals surface area contributed by atoms with Crippen molar-refractivity contribution in [3.63, 3.8) is 0 Å². The number of anilines is 1. The van der Waals surface area contributed by atoms with Gasteiger partial charge in [-0.3, -0.25) is 4.79 Å². The van der Waals surface area contributed by atoms with Crippen molar-refractivity contribution in [1.82, 2.24) is 0 Å². The zero-order valence-electron chi connectivity index (χ0n) is 10.4. The summed E-state index contributed by atoms with van der Waals surface area (Å²) < 4.78 is 5.16. The molecule has 0 spiro atoms. The van der Waals surface area contributed by atoms with E-state index in [0.29, 0.717) is 21.5 Å². The first-order valence-electron chi connectivity index (χ1n) is 5.62. The van der Waals surface area contributed by atoms with Gasteiger partial charge in [0.15, 0.2) is 0 Å². The van der Waals surface area contributed by atoms with Gasteiger partial charge in [-0.15, -0.1) is 0 Å². The zero-order chi connectivity index (χ0) is 14.7. The van der Waals surface area contributed by atoms with E-state index in [9.17, 15) is 4.79 Å². The SMILES string of the molecule is COc1ccc(Cl)cc1NC(=O)c1cccc(Cl)c1Cl. The lowest BCUT2D eigenvalue weighted by molar-refractivity contribution is 0.102. The second-order valence-corrected chi connectivity index (χ2v) is 5.12. The van der Waals surface area contributed by atoms with Crippen LogP contribution in [0.1, 0.15) is 10.4 Å². The molecule has 1 amide bonds. The first-order valence-corrected chi connectivity index (χ1v) is 6.75. The molecule has 2 rings (SSSR count). The molecule has 0 aliphatic heterocycles. The van der Waals surface area contributed by atoms with Gasteiger partial charge in [0, 0.05) is 5.02 Å². The van der Waals surface area contributed by atoms with Gasteiger partial charge in [0.05, 0.1) is 28.4 Å². The second-order valence-electron chi connectivity index (χ2n) is 3.90. The Hall–Kier alpha value is -1.42. The summed E-state index contributed by atoms with van der Waals surface area (Å²) in [6.07, 6.45) is 0. The Kier molecular flexibility index (Phi) is 4.76. The molecule has 0 saturated heterocycles. The molecular weight excluding hydrogens is 321 g/mol. The molecule has 0 radical (unpaired) electrons. The first kappa shape index (κ1) is 15.0. The van der Waals surface area contributed by atoms with Crippen LogP contribution in [0.15, 0.2) is 36.4 Å². The molecule has 104 valence electrons. The molecule has 2 aromatic carbocycles. The lowest BCUT2D eigenvalue weighted by atomic mass is 10.2. The van der Waals surface area contributed by atoms with Crippen LogP contribution in [0.2, 0.25) is 15.1 Å². The van der Waals surface area contributed by atoms with Crippen molar-refractivity contribution in [1.29, 1.82) is 0 Å². The molecule has 0 aromatic heterocycles. The average Bonchev–Trinajstić information content (AvgIpc) is 2.42. The van der Waals surface area contributed by atoms with E-state index in [-0.39, 0.29) is 10.6 Å². The van der Waals surface area contributed by atoms with E-state index in [0.717, 1.165) is 0 Å². The van der Waals surface area contributed by atoms with Crippen molar-refractivity contribution >= 4 is 46.4 Å². The van der Waals surface area contributed by atoms with E-state index < -0.39 is 5.91 Å². The van der Waals surface area contributed by atoms with Gasteiger partial charge in [-0.05, 0) is 30.3 Å². The molecule has 0 atom stereocenters. The van der Waals surface area contributed by atoms with Crippen LogP contribution in [0.3, 0.4) is 0 Å². The summed E-state index contributed by atoms with van der Waals surface area (Å²) >= 11 is 17.8. The van der Waals surface area contributed by atoms with E-state index in [1.54, 1.807) is 36.4 Å². The summed E-state index contributed by atoms with van der Waals surface area (Å²) in [5, 5.41) is 3.70. The van der Waals surface area contributed by atoms with Crippen LogP contribution in [-0.2, 0) is 0 Å². The number of amides is 1. The number of rotatable bonds is 3. The predicted octanol–water partition coefficient (Wildman–Crippen LogP) is 4.91. The highest BCUT2D eigenvalue weighted by Crippen LogP contribution is 2.30. The maximum atomic E-state index is 12.2. The monoisotopic (exact) mass is 329 g/mol. The fraction of sp³-hybridized carbons (Fsp3) is 0.0714. The van der Waals surface area contributed by atoms with Gasteiger partial charge in [-0.25, -0.2) is 0 Å². The maximum Gasteiger partial charge on any atom is 0.257 e. The summed E-state index contributed by atoms with van der Waals surface area (Å²) in [7, 11) is 1.51. The van der Waals surface area contributed by atoms with E-state index in [2.05, 4.69) is 5.32 Å². The zero-order valence-corrected chi connectivity index (χ0v) is 12.7. The Labute approximate surface area is 131 Å². The summed E-state index contributed by atoms with van der Waals surface area (Å²) in [6.45, 7) is 0. The van der Waals surface area contributed by atoms with Crippen LogP contribution in [0.4, 0.5) is 5.69 Å². The fourth-order valence-electron chi connectivity index (χ4n) is 1.65. The van der Waals surface area contributed by atoms with Crippen molar-refractivity contribution in [3.8, 4) is 5.75 Å². The number of hydrogen-bond acceptors (Lipinski definition) is 2. The Morgan fingerprint density at radius 2 is 1.90 bits per heavy atom.